The van der Waals surface area contributed by atoms with E-state index in [0.29, 0.717) is 24.4 Å². The number of nitrogens with zero attached hydrogens (tertiary/aromatic N) is 4. The lowest BCUT2D eigenvalue weighted by Gasteiger charge is -2.21. The minimum absolute atomic E-state index is 0.163. The highest BCUT2D eigenvalue weighted by Crippen LogP contribution is 2.40. The fourth-order valence-electron chi connectivity index (χ4n) is 4.18. The summed E-state index contributed by atoms with van der Waals surface area (Å²) >= 11 is 2.28. The lowest BCUT2D eigenvalue weighted by molar-refractivity contribution is -0.124. The lowest BCUT2D eigenvalue weighted by atomic mass is 9.86. The van der Waals surface area contributed by atoms with Gasteiger partial charge in [0.15, 0.2) is 0 Å². The first-order valence-electron chi connectivity index (χ1n) is 9.16. The van der Waals surface area contributed by atoms with Gasteiger partial charge in [-0.1, -0.05) is 0 Å². The molecule has 28 heavy (non-hydrogen) atoms. The standard InChI is InChI=1S/C19H18FIN5OP/c20-13-3-1-12(2-4-13)16-17-14(26(24-16)28-21)5-6-15(23-17)25-10-8-19(18(25)27)7-9-22-11-19/h1-6,22,28H,7-11H2/t19-/m0/s1. The van der Waals surface area contributed by atoms with Crippen molar-refractivity contribution in [3.05, 3.63) is 42.2 Å². The summed E-state index contributed by atoms with van der Waals surface area (Å²) in [6, 6.07) is 10.2. The molecule has 2 aliphatic rings. The minimum Gasteiger partial charge on any atom is -0.316 e. The van der Waals surface area contributed by atoms with E-state index >= 15 is 0 Å². The van der Waals surface area contributed by atoms with E-state index < -0.39 is 0 Å². The number of aromatic nitrogens is 3. The third kappa shape index (κ3) is 2.84. The minimum atomic E-state index is -0.282. The number of amides is 1. The molecule has 2 aliphatic heterocycles. The van der Waals surface area contributed by atoms with Gasteiger partial charge in [0.25, 0.3) is 0 Å². The summed E-state index contributed by atoms with van der Waals surface area (Å²) in [5.41, 5.74) is 2.91. The molecule has 2 atom stereocenters. The molecule has 0 bridgehead atoms. The maximum absolute atomic E-state index is 13.4. The summed E-state index contributed by atoms with van der Waals surface area (Å²) in [5, 5.41) is 8.01. The molecule has 0 aliphatic carbocycles. The zero-order valence-electron chi connectivity index (χ0n) is 15.0. The predicted octanol–water partition coefficient (Wildman–Crippen LogP) is 3.75. The third-order valence-corrected chi connectivity index (χ3v) is 7.61. The van der Waals surface area contributed by atoms with E-state index in [9.17, 15) is 9.18 Å². The van der Waals surface area contributed by atoms with Crippen molar-refractivity contribution in [2.75, 3.05) is 24.5 Å². The van der Waals surface area contributed by atoms with E-state index in [1.165, 1.54) is 12.1 Å². The Morgan fingerprint density at radius 2 is 2.00 bits per heavy atom. The van der Waals surface area contributed by atoms with Crippen molar-refractivity contribution in [2.45, 2.75) is 12.8 Å². The van der Waals surface area contributed by atoms with Crippen LogP contribution in [0.4, 0.5) is 10.2 Å². The van der Waals surface area contributed by atoms with Gasteiger partial charge in [-0.2, -0.15) is 5.10 Å². The molecule has 1 unspecified atom stereocenters. The summed E-state index contributed by atoms with van der Waals surface area (Å²) in [7, 11) is 0. The molecule has 2 aromatic heterocycles. The van der Waals surface area contributed by atoms with E-state index in [0.717, 1.165) is 42.5 Å². The Balaban J connectivity index is 1.60. The number of rotatable bonds is 3. The fourth-order valence-corrected chi connectivity index (χ4v) is 5.70. The summed E-state index contributed by atoms with van der Waals surface area (Å²) in [6.45, 7) is 2.33. The topological polar surface area (TPSA) is 63.1 Å². The number of halogens is 2. The average molecular weight is 509 g/mol. The molecule has 0 radical (unpaired) electrons. The number of carbonyl (C=O) groups is 1. The molecule has 144 valence electrons. The van der Waals surface area contributed by atoms with Crippen molar-refractivity contribution < 1.29 is 9.18 Å². The molecule has 1 N–H and O–H groups in total. The first-order chi connectivity index (χ1) is 13.6. The highest BCUT2D eigenvalue weighted by Gasteiger charge is 2.49. The van der Waals surface area contributed by atoms with Gasteiger partial charge in [0.2, 0.25) is 5.91 Å². The van der Waals surface area contributed by atoms with Crippen LogP contribution in [-0.2, 0) is 4.79 Å². The van der Waals surface area contributed by atoms with Crippen LogP contribution < -0.4 is 10.2 Å². The largest absolute Gasteiger partial charge is 0.316 e. The van der Waals surface area contributed by atoms with Crippen LogP contribution in [0, 0.1) is 11.2 Å². The molecule has 3 aromatic rings. The van der Waals surface area contributed by atoms with Crippen LogP contribution in [0.5, 0.6) is 0 Å². The van der Waals surface area contributed by atoms with Crippen LogP contribution in [0.25, 0.3) is 22.3 Å². The second-order valence-corrected chi connectivity index (χ2v) is 9.34. The molecule has 1 aromatic carbocycles. The lowest BCUT2D eigenvalue weighted by Crippen LogP contribution is -2.36. The zero-order valence-corrected chi connectivity index (χ0v) is 18.1. The number of hydrogen-bond acceptors (Lipinski definition) is 4. The van der Waals surface area contributed by atoms with Gasteiger partial charge in [-0.3, -0.25) is 9.69 Å². The van der Waals surface area contributed by atoms with E-state index in [-0.39, 0.29) is 17.1 Å². The molecule has 4 heterocycles. The van der Waals surface area contributed by atoms with E-state index in [1.807, 2.05) is 21.5 Å². The molecule has 1 amide bonds. The number of hydrogen-bond donors (Lipinski definition) is 1. The van der Waals surface area contributed by atoms with Crippen molar-refractivity contribution in [3.63, 3.8) is 0 Å². The van der Waals surface area contributed by atoms with Crippen molar-refractivity contribution >= 4 is 51.2 Å². The maximum atomic E-state index is 13.4. The maximum Gasteiger partial charge on any atom is 0.235 e. The molecular weight excluding hydrogens is 491 g/mol. The summed E-state index contributed by atoms with van der Waals surface area (Å²) < 4.78 is 15.3. The monoisotopic (exact) mass is 509 g/mol. The number of anilines is 1. The molecule has 2 fully saturated rings. The van der Waals surface area contributed by atoms with Crippen molar-refractivity contribution in [3.8, 4) is 11.3 Å². The van der Waals surface area contributed by atoms with Crippen LogP contribution in [0.3, 0.4) is 0 Å². The first kappa shape index (κ1) is 18.4. The quantitative estimate of drug-likeness (QED) is 0.432. The van der Waals surface area contributed by atoms with Crippen LogP contribution in [0.15, 0.2) is 36.4 Å². The van der Waals surface area contributed by atoms with Crippen molar-refractivity contribution in [2.24, 2.45) is 5.41 Å². The SMILES string of the molecule is O=C1N(c2ccc3c(n2)c(-c2ccc(F)cc2)nn3PI)CC[C@]12CCNC2. The van der Waals surface area contributed by atoms with Gasteiger partial charge in [-0.25, -0.2) is 13.8 Å². The normalized spacial score (nSPS) is 22.5. The van der Waals surface area contributed by atoms with Gasteiger partial charge >= 0.3 is 0 Å². The molecule has 6 nitrogen and oxygen atoms in total. The Kier molecular flexibility index (Phi) is 4.60. The number of nitrogens with one attached hydrogen (secondary N) is 1. The molecule has 0 saturated carbocycles. The summed E-state index contributed by atoms with van der Waals surface area (Å²) in [5.74, 6) is 0.548. The number of pyridine rings is 1. The van der Waals surface area contributed by atoms with Gasteiger partial charge in [0.05, 0.1) is 17.3 Å². The number of benzene rings is 1. The Morgan fingerprint density at radius 3 is 2.71 bits per heavy atom. The van der Waals surface area contributed by atoms with Gasteiger partial charge in [-0.15, -0.1) is 0 Å². The van der Waals surface area contributed by atoms with Crippen molar-refractivity contribution in [1.29, 1.82) is 0 Å². The summed E-state index contributed by atoms with van der Waals surface area (Å²) in [6.07, 6.45) is 2.17. The smallest absolute Gasteiger partial charge is 0.235 e. The highest BCUT2D eigenvalue weighted by molar-refractivity contribution is 14.2. The van der Waals surface area contributed by atoms with Crippen LogP contribution in [0.1, 0.15) is 12.8 Å². The molecular formula is C19H18FIN5OP. The van der Waals surface area contributed by atoms with E-state index in [1.54, 1.807) is 12.1 Å². The van der Waals surface area contributed by atoms with Gasteiger partial charge in [-0.05, 0) is 77.8 Å². The molecule has 2 saturated heterocycles. The predicted molar refractivity (Wildman–Crippen MR) is 118 cm³/mol. The molecule has 1 spiro atoms. The Morgan fingerprint density at radius 1 is 1.18 bits per heavy atom. The Labute approximate surface area is 176 Å². The average Bonchev–Trinajstić information content (AvgIpc) is 3.41. The number of fused-ring (bicyclic) bond motifs is 1. The van der Waals surface area contributed by atoms with Crippen LogP contribution >= 0.6 is 28.4 Å². The molecule has 9 heteroatoms. The second-order valence-electron chi connectivity index (χ2n) is 7.30. The van der Waals surface area contributed by atoms with E-state index in [2.05, 4.69) is 32.5 Å². The van der Waals surface area contributed by atoms with Crippen LogP contribution in [0.2, 0.25) is 0 Å². The Bertz CT molecular complexity index is 1060. The first-order valence-corrected chi connectivity index (χ1v) is 13.2. The second kappa shape index (κ2) is 7.00. The number of carbonyl (C=O) groups excluding carboxylic acids is 1. The van der Waals surface area contributed by atoms with Crippen molar-refractivity contribution in [1.82, 2.24) is 19.9 Å². The van der Waals surface area contributed by atoms with Crippen LogP contribution in [-0.4, -0.2) is 40.1 Å². The summed E-state index contributed by atoms with van der Waals surface area (Å²) in [4.78, 5) is 19.8. The van der Waals surface area contributed by atoms with Gasteiger partial charge in [0.1, 0.15) is 22.8 Å². The fraction of sp³-hybridized carbons (Fsp3) is 0.316. The third-order valence-electron chi connectivity index (χ3n) is 5.74. The van der Waals surface area contributed by atoms with Gasteiger partial charge < -0.3 is 5.32 Å². The molecule has 5 rings (SSSR count). The highest BCUT2D eigenvalue weighted by atomic mass is 127. The van der Waals surface area contributed by atoms with Gasteiger partial charge in [0, 0.05) is 18.7 Å². The van der Waals surface area contributed by atoms with E-state index in [4.69, 9.17) is 4.98 Å². The Hall–Kier alpha value is -1.64. The zero-order chi connectivity index (χ0) is 19.3.